The highest BCUT2D eigenvalue weighted by atomic mass is 19.4. The highest BCUT2D eigenvalue weighted by Gasteiger charge is 2.53. The van der Waals surface area contributed by atoms with Crippen LogP contribution in [-0.4, -0.2) is 16.3 Å². The van der Waals surface area contributed by atoms with Gasteiger partial charge in [0.15, 0.2) is 11.4 Å². The minimum Gasteiger partial charge on any atom is -0.337 e. The Kier molecular flexibility index (Phi) is 3.05. The lowest BCUT2D eigenvalue weighted by Crippen LogP contribution is -2.48. The van der Waals surface area contributed by atoms with Crippen LogP contribution in [0, 0.1) is 0 Å². The van der Waals surface area contributed by atoms with Crippen LogP contribution in [0.15, 0.2) is 28.8 Å². The number of halogens is 3. The Labute approximate surface area is 119 Å². The number of fused-ring (bicyclic) bond motifs is 1. The lowest BCUT2D eigenvalue weighted by atomic mass is 10.0. The third-order valence-electron chi connectivity index (χ3n) is 3.92. The summed E-state index contributed by atoms with van der Waals surface area (Å²) < 4.78 is 43.5. The molecule has 0 saturated carbocycles. The molecule has 7 heteroatoms. The quantitative estimate of drug-likeness (QED) is 0.925. The minimum absolute atomic E-state index is 0.136. The predicted octanol–water partition coefficient (Wildman–Crippen LogP) is 2.88. The second-order valence-corrected chi connectivity index (χ2v) is 5.45. The fourth-order valence-corrected chi connectivity index (χ4v) is 2.53. The van der Waals surface area contributed by atoms with E-state index < -0.39 is 17.6 Å². The third kappa shape index (κ3) is 2.21. The fraction of sp³-hybridized carbons (Fsp3) is 0.429. The van der Waals surface area contributed by atoms with Crippen molar-refractivity contribution in [3.63, 3.8) is 0 Å². The molecule has 1 aliphatic rings. The predicted molar refractivity (Wildman–Crippen MR) is 68.5 cm³/mol. The molecular weight excluding hydrogens is 283 g/mol. The van der Waals surface area contributed by atoms with Gasteiger partial charge in [-0.15, -0.1) is 0 Å². The molecule has 0 spiro atoms. The lowest BCUT2D eigenvalue weighted by Gasteiger charge is -2.22. The van der Waals surface area contributed by atoms with Gasteiger partial charge < -0.3 is 10.3 Å². The smallest absolute Gasteiger partial charge is 0.337 e. The van der Waals surface area contributed by atoms with Crippen molar-refractivity contribution in [3.8, 4) is 0 Å². The van der Waals surface area contributed by atoms with Crippen LogP contribution in [0.5, 0.6) is 0 Å². The molecule has 21 heavy (non-hydrogen) atoms. The summed E-state index contributed by atoms with van der Waals surface area (Å²) >= 11 is 0. The van der Waals surface area contributed by atoms with Crippen LogP contribution in [0.25, 0.3) is 0 Å². The van der Waals surface area contributed by atoms with Gasteiger partial charge in [-0.25, -0.2) is 0 Å². The first-order valence-electron chi connectivity index (χ1n) is 6.58. The van der Waals surface area contributed by atoms with E-state index >= 15 is 0 Å². The van der Waals surface area contributed by atoms with Crippen molar-refractivity contribution in [2.45, 2.75) is 37.4 Å². The summed E-state index contributed by atoms with van der Waals surface area (Å²) in [5.74, 6) is -0.479. The Hall–Kier alpha value is -1.89. The second kappa shape index (κ2) is 4.56. The van der Waals surface area contributed by atoms with Gasteiger partial charge in [-0.1, -0.05) is 29.4 Å². The molecule has 4 nitrogen and oxygen atoms in total. The molecule has 0 bridgehead atoms. The molecule has 1 heterocycles. The zero-order valence-corrected chi connectivity index (χ0v) is 11.3. The zero-order valence-electron chi connectivity index (χ0n) is 11.3. The van der Waals surface area contributed by atoms with E-state index in [9.17, 15) is 13.2 Å². The highest BCUT2D eigenvalue weighted by Crippen LogP contribution is 2.39. The molecule has 0 saturated heterocycles. The number of hydrogen-bond acceptors (Lipinski definition) is 4. The van der Waals surface area contributed by atoms with Crippen LogP contribution in [0.2, 0.25) is 0 Å². The first-order valence-corrected chi connectivity index (χ1v) is 6.58. The molecule has 2 N–H and O–H groups in total. The lowest BCUT2D eigenvalue weighted by molar-refractivity contribution is -0.190. The average Bonchev–Trinajstić information content (AvgIpc) is 3.03. The minimum atomic E-state index is -4.65. The van der Waals surface area contributed by atoms with Gasteiger partial charge in [-0.05, 0) is 30.9 Å². The molecule has 112 valence electrons. The second-order valence-electron chi connectivity index (χ2n) is 5.45. The molecule has 3 rings (SSSR count). The van der Waals surface area contributed by atoms with E-state index in [-0.39, 0.29) is 11.7 Å². The summed E-state index contributed by atoms with van der Waals surface area (Å²) in [6.07, 6.45) is -3.04. The summed E-state index contributed by atoms with van der Waals surface area (Å²) in [6, 6.07) is 7.76. The van der Waals surface area contributed by atoms with E-state index in [4.69, 9.17) is 10.3 Å². The SMILES string of the molecule is CC(N)(c1nc(C2CCc3ccccc32)no1)C(F)(F)F. The Morgan fingerprint density at radius 1 is 1.29 bits per heavy atom. The van der Waals surface area contributed by atoms with Crippen LogP contribution < -0.4 is 5.73 Å². The third-order valence-corrected chi connectivity index (χ3v) is 3.92. The number of aromatic nitrogens is 2. The number of nitrogens with zero attached hydrogens (tertiary/aromatic N) is 2. The zero-order chi connectivity index (χ0) is 15.3. The molecular formula is C14H14F3N3O. The molecule has 0 aliphatic heterocycles. The van der Waals surface area contributed by atoms with Gasteiger partial charge in [0.2, 0.25) is 0 Å². The van der Waals surface area contributed by atoms with E-state index in [1.165, 1.54) is 5.56 Å². The standard InChI is InChI=1S/C14H14F3N3O/c1-13(18,14(15,16)17)12-19-11(20-21-12)10-7-6-8-4-2-3-5-9(8)10/h2-5,10H,6-7,18H2,1H3. The van der Waals surface area contributed by atoms with Crippen molar-refractivity contribution in [3.05, 3.63) is 47.1 Å². The molecule has 0 amide bonds. The van der Waals surface area contributed by atoms with Crippen molar-refractivity contribution in [2.75, 3.05) is 0 Å². The highest BCUT2D eigenvalue weighted by molar-refractivity contribution is 5.38. The number of alkyl halides is 3. The molecule has 0 fully saturated rings. The van der Waals surface area contributed by atoms with Crippen molar-refractivity contribution < 1.29 is 17.7 Å². The van der Waals surface area contributed by atoms with E-state index in [0.717, 1.165) is 25.3 Å². The van der Waals surface area contributed by atoms with E-state index in [0.29, 0.717) is 0 Å². The van der Waals surface area contributed by atoms with Crippen molar-refractivity contribution in [2.24, 2.45) is 5.73 Å². The van der Waals surface area contributed by atoms with Crippen LogP contribution in [0.1, 0.15) is 42.1 Å². The van der Waals surface area contributed by atoms with Gasteiger partial charge in [0.1, 0.15) is 0 Å². The number of benzene rings is 1. The Bertz CT molecular complexity index is 663. The fourth-order valence-electron chi connectivity index (χ4n) is 2.53. The molecule has 2 unspecified atom stereocenters. The molecule has 2 atom stereocenters. The number of hydrogen-bond donors (Lipinski definition) is 1. The maximum atomic E-state index is 12.9. The van der Waals surface area contributed by atoms with Gasteiger partial charge >= 0.3 is 6.18 Å². The van der Waals surface area contributed by atoms with E-state index in [1.54, 1.807) is 0 Å². The first kappa shape index (κ1) is 14.1. The number of rotatable bonds is 2. The van der Waals surface area contributed by atoms with Crippen LogP contribution >= 0.6 is 0 Å². The summed E-state index contributed by atoms with van der Waals surface area (Å²) in [6.45, 7) is 0.826. The first-order chi connectivity index (χ1) is 9.80. The maximum Gasteiger partial charge on any atom is 0.415 e. The van der Waals surface area contributed by atoms with Crippen LogP contribution in [0.4, 0.5) is 13.2 Å². The average molecular weight is 297 g/mol. The van der Waals surface area contributed by atoms with Gasteiger partial charge in [0, 0.05) is 5.92 Å². The molecule has 1 aliphatic carbocycles. The van der Waals surface area contributed by atoms with Gasteiger partial charge in [-0.2, -0.15) is 18.2 Å². The van der Waals surface area contributed by atoms with Gasteiger partial charge in [-0.3, -0.25) is 0 Å². The Morgan fingerprint density at radius 2 is 2.00 bits per heavy atom. The Balaban J connectivity index is 1.94. The van der Waals surface area contributed by atoms with Crippen LogP contribution in [0.3, 0.4) is 0 Å². The van der Waals surface area contributed by atoms with Crippen molar-refractivity contribution in [1.82, 2.24) is 10.1 Å². The van der Waals surface area contributed by atoms with E-state index in [2.05, 4.69) is 10.1 Å². The van der Waals surface area contributed by atoms with Crippen molar-refractivity contribution in [1.29, 1.82) is 0 Å². The summed E-state index contributed by atoms with van der Waals surface area (Å²) in [4.78, 5) is 3.91. The van der Waals surface area contributed by atoms with Gasteiger partial charge in [0.05, 0.1) is 0 Å². The summed E-state index contributed by atoms with van der Waals surface area (Å²) in [5, 5.41) is 3.71. The molecule has 1 aromatic carbocycles. The van der Waals surface area contributed by atoms with Gasteiger partial charge in [0.25, 0.3) is 5.89 Å². The Morgan fingerprint density at radius 3 is 2.71 bits per heavy atom. The van der Waals surface area contributed by atoms with Crippen LogP contribution in [-0.2, 0) is 12.0 Å². The van der Waals surface area contributed by atoms with Crippen molar-refractivity contribution >= 4 is 0 Å². The molecule has 2 aromatic rings. The molecule has 1 aromatic heterocycles. The monoisotopic (exact) mass is 297 g/mol. The normalized spacial score (nSPS) is 21.1. The largest absolute Gasteiger partial charge is 0.415 e. The van der Waals surface area contributed by atoms with E-state index in [1.807, 2.05) is 24.3 Å². The topological polar surface area (TPSA) is 64.9 Å². The maximum absolute atomic E-state index is 12.9. The number of aryl methyl sites for hydroxylation is 1. The summed E-state index contributed by atoms with van der Waals surface area (Å²) in [7, 11) is 0. The summed E-state index contributed by atoms with van der Waals surface area (Å²) in [5.41, 5.74) is 4.86. The number of nitrogens with two attached hydrogens (primary N) is 1. The molecule has 0 radical (unpaired) electrons.